The van der Waals surface area contributed by atoms with E-state index in [9.17, 15) is 0 Å². The number of hydrogen-bond acceptors (Lipinski definition) is 5. The van der Waals surface area contributed by atoms with E-state index in [0.717, 1.165) is 34.9 Å². The number of hydrogen-bond donors (Lipinski definition) is 1. The van der Waals surface area contributed by atoms with Crippen molar-refractivity contribution in [2.75, 3.05) is 12.3 Å². The van der Waals surface area contributed by atoms with Gasteiger partial charge in [-0.15, -0.1) is 0 Å². The lowest BCUT2D eigenvalue weighted by Gasteiger charge is -2.04. The molecular formula is C11H17N3S2. The Bertz CT molecular complexity index is 358. The van der Waals surface area contributed by atoms with Crippen LogP contribution < -0.4 is 5.32 Å². The summed E-state index contributed by atoms with van der Waals surface area (Å²) in [5.41, 5.74) is 1.24. The average Bonchev–Trinajstić information content (AvgIpc) is 3.01. The molecule has 1 aliphatic rings. The summed E-state index contributed by atoms with van der Waals surface area (Å²) in [5, 5.41) is 3.46. The summed E-state index contributed by atoms with van der Waals surface area (Å²) in [6.45, 7) is 7.09. The molecule has 1 aromatic rings. The van der Waals surface area contributed by atoms with Crippen molar-refractivity contribution in [3.8, 4) is 0 Å². The first-order valence-electron chi connectivity index (χ1n) is 5.63. The molecule has 1 aliphatic carbocycles. The van der Waals surface area contributed by atoms with E-state index in [1.165, 1.54) is 29.9 Å². The fourth-order valence-electron chi connectivity index (χ4n) is 1.23. The van der Waals surface area contributed by atoms with Gasteiger partial charge in [-0.2, -0.15) is 4.37 Å². The molecular weight excluding hydrogens is 238 g/mol. The molecule has 0 saturated heterocycles. The molecule has 1 N–H and O–H groups in total. The SMILES string of the molecule is C=C(CNC1CC1)CSc1nc(CC)ns1. The number of nitrogens with zero attached hydrogens (tertiary/aromatic N) is 2. The van der Waals surface area contributed by atoms with Crippen molar-refractivity contribution >= 4 is 23.3 Å². The zero-order chi connectivity index (χ0) is 11.4. The summed E-state index contributed by atoms with van der Waals surface area (Å²) in [6, 6.07) is 0.759. The first-order valence-corrected chi connectivity index (χ1v) is 7.39. The normalized spacial score (nSPS) is 15.3. The molecule has 0 aliphatic heterocycles. The minimum absolute atomic E-state index is 0.759. The largest absolute Gasteiger partial charge is 0.310 e. The van der Waals surface area contributed by atoms with Gasteiger partial charge in [0.2, 0.25) is 0 Å². The van der Waals surface area contributed by atoms with E-state index in [0.29, 0.717) is 0 Å². The topological polar surface area (TPSA) is 37.8 Å². The molecule has 3 nitrogen and oxygen atoms in total. The summed E-state index contributed by atoms with van der Waals surface area (Å²) in [6.07, 6.45) is 3.58. The molecule has 0 unspecified atom stereocenters. The van der Waals surface area contributed by atoms with Crippen LogP contribution in [-0.4, -0.2) is 27.7 Å². The highest BCUT2D eigenvalue weighted by Crippen LogP contribution is 2.23. The minimum atomic E-state index is 0.759. The van der Waals surface area contributed by atoms with E-state index in [1.54, 1.807) is 11.8 Å². The molecule has 2 rings (SSSR count). The van der Waals surface area contributed by atoms with Crippen molar-refractivity contribution in [3.05, 3.63) is 18.0 Å². The van der Waals surface area contributed by atoms with Crippen LogP contribution in [0.3, 0.4) is 0 Å². The van der Waals surface area contributed by atoms with E-state index < -0.39 is 0 Å². The van der Waals surface area contributed by atoms with E-state index in [-0.39, 0.29) is 0 Å². The average molecular weight is 255 g/mol. The van der Waals surface area contributed by atoms with Gasteiger partial charge in [0.1, 0.15) is 5.82 Å². The summed E-state index contributed by atoms with van der Waals surface area (Å²) >= 11 is 3.24. The van der Waals surface area contributed by atoms with E-state index in [4.69, 9.17) is 0 Å². The molecule has 1 saturated carbocycles. The maximum atomic E-state index is 4.42. The first-order chi connectivity index (χ1) is 7.78. The van der Waals surface area contributed by atoms with Crippen LogP contribution in [0.4, 0.5) is 0 Å². The third-order valence-electron chi connectivity index (χ3n) is 2.38. The van der Waals surface area contributed by atoms with E-state index >= 15 is 0 Å². The molecule has 0 atom stereocenters. The van der Waals surface area contributed by atoms with E-state index in [2.05, 4.69) is 28.2 Å². The summed E-state index contributed by atoms with van der Waals surface area (Å²) in [5.74, 6) is 1.90. The van der Waals surface area contributed by atoms with Gasteiger partial charge in [0.05, 0.1) is 0 Å². The van der Waals surface area contributed by atoms with Crippen molar-refractivity contribution in [3.63, 3.8) is 0 Å². The van der Waals surface area contributed by atoms with Gasteiger partial charge in [0.25, 0.3) is 0 Å². The Morgan fingerprint density at radius 3 is 3.06 bits per heavy atom. The molecule has 88 valence electrons. The summed E-state index contributed by atoms with van der Waals surface area (Å²) in [7, 11) is 0. The van der Waals surface area contributed by atoms with Gasteiger partial charge in [0.15, 0.2) is 4.34 Å². The van der Waals surface area contributed by atoms with Gasteiger partial charge in [-0.1, -0.05) is 30.8 Å². The van der Waals surface area contributed by atoms with Crippen LogP contribution in [0, 0.1) is 0 Å². The second-order valence-electron chi connectivity index (χ2n) is 4.02. The number of rotatable bonds is 7. The Balaban J connectivity index is 1.67. The van der Waals surface area contributed by atoms with Gasteiger partial charge in [-0.05, 0) is 24.4 Å². The van der Waals surface area contributed by atoms with Crippen molar-refractivity contribution in [1.82, 2.24) is 14.7 Å². The molecule has 0 spiro atoms. The fraction of sp³-hybridized carbons (Fsp3) is 0.636. The molecule has 1 heterocycles. The van der Waals surface area contributed by atoms with Gasteiger partial charge in [-0.25, -0.2) is 4.98 Å². The van der Waals surface area contributed by atoms with Crippen molar-refractivity contribution in [1.29, 1.82) is 0 Å². The van der Waals surface area contributed by atoms with Crippen LogP contribution in [0.25, 0.3) is 0 Å². The third kappa shape index (κ3) is 3.88. The predicted molar refractivity (Wildman–Crippen MR) is 70.2 cm³/mol. The Morgan fingerprint density at radius 2 is 2.44 bits per heavy atom. The Kier molecular flexibility index (Phi) is 4.37. The third-order valence-corrected chi connectivity index (χ3v) is 4.40. The quantitative estimate of drug-likeness (QED) is 0.600. The lowest BCUT2D eigenvalue weighted by molar-refractivity contribution is 0.736. The highest BCUT2D eigenvalue weighted by molar-refractivity contribution is 8.01. The maximum absolute atomic E-state index is 4.42. The number of thioether (sulfide) groups is 1. The number of aromatic nitrogens is 2. The predicted octanol–water partition coefficient (Wildman–Crippen LogP) is 2.50. The molecule has 0 bridgehead atoms. The smallest absolute Gasteiger partial charge is 0.170 e. The van der Waals surface area contributed by atoms with Crippen molar-refractivity contribution < 1.29 is 0 Å². The molecule has 0 amide bonds. The lowest BCUT2D eigenvalue weighted by atomic mass is 10.3. The molecule has 5 heteroatoms. The van der Waals surface area contributed by atoms with Gasteiger partial charge < -0.3 is 5.32 Å². The number of aryl methyl sites for hydroxylation is 1. The Hall–Kier alpha value is -0.390. The van der Waals surface area contributed by atoms with Crippen LogP contribution in [-0.2, 0) is 6.42 Å². The van der Waals surface area contributed by atoms with Gasteiger partial charge in [0, 0.05) is 24.8 Å². The fourth-order valence-corrected chi connectivity index (χ4v) is 2.83. The van der Waals surface area contributed by atoms with Crippen LogP contribution in [0.1, 0.15) is 25.6 Å². The minimum Gasteiger partial charge on any atom is -0.310 e. The standard InChI is InChI=1S/C11H17N3S2/c1-3-10-13-11(16-14-10)15-7-8(2)6-12-9-4-5-9/h9,12H,2-7H2,1H3. The lowest BCUT2D eigenvalue weighted by Crippen LogP contribution is -2.19. The van der Waals surface area contributed by atoms with Gasteiger partial charge in [-0.3, -0.25) is 0 Å². The van der Waals surface area contributed by atoms with Crippen LogP contribution in [0.15, 0.2) is 16.5 Å². The zero-order valence-electron chi connectivity index (χ0n) is 9.53. The highest BCUT2D eigenvalue weighted by Gasteiger charge is 2.20. The second kappa shape index (κ2) is 5.80. The first kappa shape index (κ1) is 12.1. The Morgan fingerprint density at radius 1 is 1.62 bits per heavy atom. The molecule has 1 aromatic heterocycles. The summed E-state index contributed by atoms with van der Waals surface area (Å²) < 4.78 is 5.32. The molecule has 16 heavy (non-hydrogen) atoms. The highest BCUT2D eigenvalue weighted by atomic mass is 32.2. The van der Waals surface area contributed by atoms with Crippen molar-refractivity contribution in [2.45, 2.75) is 36.6 Å². The van der Waals surface area contributed by atoms with E-state index in [1.807, 2.05) is 0 Å². The van der Waals surface area contributed by atoms with Crippen LogP contribution in [0.2, 0.25) is 0 Å². The van der Waals surface area contributed by atoms with Crippen LogP contribution in [0.5, 0.6) is 0 Å². The monoisotopic (exact) mass is 255 g/mol. The van der Waals surface area contributed by atoms with Crippen molar-refractivity contribution in [2.24, 2.45) is 0 Å². The van der Waals surface area contributed by atoms with Gasteiger partial charge >= 0.3 is 0 Å². The molecule has 0 aromatic carbocycles. The zero-order valence-corrected chi connectivity index (χ0v) is 11.2. The molecule has 1 fully saturated rings. The van der Waals surface area contributed by atoms with Crippen LogP contribution >= 0.6 is 23.3 Å². The number of nitrogens with one attached hydrogen (secondary N) is 1. The molecule has 0 radical (unpaired) electrons. The Labute approximate surface area is 105 Å². The summed E-state index contributed by atoms with van der Waals surface area (Å²) in [4.78, 5) is 4.42. The second-order valence-corrected chi connectivity index (χ2v) is 6.00. The maximum Gasteiger partial charge on any atom is 0.170 e.